The molecule has 0 aliphatic heterocycles. The summed E-state index contributed by atoms with van der Waals surface area (Å²) in [5.74, 6) is -0.540. The second kappa shape index (κ2) is 6.87. The Kier molecular flexibility index (Phi) is 4.47. The van der Waals surface area contributed by atoms with Gasteiger partial charge in [-0.15, -0.1) is 0 Å². The molecule has 1 aromatic heterocycles. The summed E-state index contributed by atoms with van der Waals surface area (Å²) in [4.78, 5) is 12.1. The number of nitrogens with zero attached hydrogens (tertiary/aromatic N) is 2. The van der Waals surface area contributed by atoms with Gasteiger partial charge >= 0.3 is 0 Å². The van der Waals surface area contributed by atoms with Gasteiger partial charge in [0.15, 0.2) is 0 Å². The standard InChI is InChI=1S/C18H16FN3O/c19-17-5-2-1-4-16(17)12-20-18(23)15-8-6-14(7-9-15)13-22-11-3-10-21-22/h1-11H,12-13H2,(H,20,23). The topological polar surface area (TPSA) is 46.9 Å². The summed E-state index contributed by atoms with van der Waals surface area (Å²) in [6, 6.07) is 15.6. The van der Waals surface area contributed by atoms with E-state index in [1.807, 2.05) is 29.1 Å². The predicted octanol–water partition coefficient (Wildman–Crippen LogP) is 3.00. The van der Waals surface area contributed by atoms with Crippen LogP contribution in [0.3, 0.4) is 0 Å². The van der Waals surface area contributed by atoms with Crippen LogP contribution in [0.2, 0.25) is 0 Å². The molecule has 0 saturated carbocycles. The quantitative estimate of drug-likeness (QED) is 0.787. The van der Waals surface area contributed by atoms with Gasteiger partial charge in [-0.3, -0.25) is 9.48 Å². The lowest BCUT2D eigenvalue weighted by Gasteiger charge is -2.07. The zero-order chi connectivity index (χ0) is 16.1. The number of carbonyl (C=O) groups excluding carboxylic acids is 1. The number of carbonyl (C=O) groups is 1. The molecule has 1 heterocycles. The Morgan fingerprint density at radius 3 is 2.57 bits per heavy atom. The lowest BCUT2D eigenvalue weighted by Crippen LogP contribution is -2.23. The molecule has 1 N–H and O–H groups in total. The molecule has 0 spiro atoms. The number of nitrogens with one attached hydrogen (secondary N) is 1. The minimum Gasteiger partial charge on any atom is -0.348 e. The first-order valence-electron chi connectivity index (χ1n) is 7.30. The Balaban J connectivity index is 1.60. The van der Waals surface area contributed by atoms with Crippen LogP contribution >= 0.6 is 0 Å². The second-order valence-corrected chi connectivity index (χ2v) is 5.17. The fourth-order valence-electron chi connectivity index (χ4n) is 2.26. The molecule has 3 aromatic rings. The highest BCUT2D eigenvalue weighted by Crippen LogP contribution is 2.08. The summed E-state index contributed by atoms with van der Waals surface area (Å²) in [6.07, 6.45) is 3.61. The molecule has 0 fully saturated rings. The van der Waals surface area contributed by atoms with Gasteiger partial charge in [-0.05, 0) is 29.8 Å². The van der Waals surface area contributed by atoms with Gasteiger partial charge in [-0.2, -0.15) is 5.10 Å². The maximum absolute atomic E-state index is 13.5. The number of hydrogen-bond acceptors (Lipinski definition) is 2. The number of benzene rings is 2. The van der Waals surface area contributed by atoms with Gasteiger partial charge in [0.25, 0.3) is 5.91 Å². The Morgan fingerprint density at radius 2 is 1.87 bits per heavy atom. The minimum absolute atomic E-state index is 0.167. The van der Waals surface area contributed by atoms with Gasteiger partial charge in [0, 0.05) is 30.1 Å². The molecule has 23 heavy (non-hydrogen) atoms. The largest absolute Gasteiger partial charge is 0.348 e. The van der Waals surface area contributed by atoms with Crippen molar-refractivity contribution in [3.05, 3.63) is 89.5 Å². The smallest absolute Gasteiger partial charge is 0.251 e. The highest BCUT2D eigenvalue weighted by Gasteiger charge is 2.07. The van der Waals surface area contributed by atoms with Crippen LogP contribution in [0, 0.1) is 5.82 Å². The lowest BCUT2D eigenvalue weighted by atomic mass is 10.1. The van der Waals surface area contributed by atoms with E-state index in [1.165, 1.54) is 6.07 Å². The number of rotatable bonds is 5. The summed E-state index contributed by atoms with van der Waals surface area (Å²) < 4.78 is 15.3. The molecule has 0 aliphatic carbocycles. The van der Waals surface area contributed by atoms with Gasteiger partial charge in [0.1, 0.15) is 5.82 Å². The summed E-state index contributed by atoms with van der Waals surface area (Å²) in [7, 11) is 0. The van der Waals surface area contributed by atoms with Gasteiger partial charge < -0.3 is 5.32 Å². The maximum Gasteiger partial charge on any atom is 0.251 e. The zero-order valence-electron chi connectivity index (χ0n) is 12.4. The third-order valence-electron chi connectivity index (χ3n) is 3.52. The van der Waals surface area contributed by atoms with E-state index in [9.17, 15) is 9.18 Å². The monoisotopic (exact) mass is 309 g/mol. The Morgan fingerprint density at radius 1 is 1.09 bits per heavy atom. The molecular weight excluding hydrogens is 293 g/mol. The molecule has 0 saturated heterocycles. The van der Waals surface area contributed by atoms with Crippen LogP contribution in [0.15, 0.2) is 67.0 Å². The van der Waals surface area contributed by atoms with Crippen LogP contribution in [-0.4, -0.2) is 15.7 Å². The van der Waals surface area contributed by atoms with Crippen molar-refractivity contribution in [2.75, 3.05) is 0 Å². The first-order valence-corrected chi connectivity index (χ1v) is 7.30. The van der Waals surface area contributed by atoms with Crippen LogP contribution in [0.5, 0.6) is 0 Å². The van der Waals surface area contributed by atoms with Crippen molar-refractivity contribution in [1.82, 2.24) is 15.1 Å². The van der Waals surface area contributed by atoms with Gasteiger partial charge in [0.2, 0.25) is 0 Å². The van der Waals surface area contributed by atoms with Crippen molar-refractivity contribution in [2.24, 2.45) is 0 Å². The number of aromatic nitrogens is 2. The van der Waals surface area contributed by atoms with Crippen LogP contribution < -0.4 is 5.32 Å². The number of halogens is 1. The van der Waals surface area contributed by atoms with E-state index in [4.69, 9.17) is 0 Å². The minimum atomic E-state index is -0.317. The molecule has 2 aromatic carbocycles. The normalized spacial score (nSPS) is 10.5. The van der Waals surface area contributed by atoms with E-state index in [0.29, 0.717) is 17.7 Å². The molecule has 0 aliphatic rings. The summed E-state index contributed by atoms with van der Waals surface area (Å²) >= 11 is 0. The first-order chi connectivity index (χ1) is 11.2. The maximum atomic E-state index is 13.5. The zero-order valence-corrected chi connectivity index (χ0v) is 12.4. The highest BCUT2D eigenvalue weighted by atomic mass is 19.1. The summed E-state index contributed by atoms with van der Waals surface area (Å²) in [6.45, 7) is 0.824. The molecule has 3 rings (SSSR count). The average Bonchev–Trinajstić information content (AvgIpc) is 3.07. The molecule has 0 unspecified atom stereocenters. The molecular formula is C18H16FN3O. The molecule has 0 atom stereocenters. The van der Waals surface area contributed by atoms with Crippen molar-refractivity contribution in [3.8, 4) is 0 Å². The van der Waals surface area contributed by atoms with Gasteiger partial charge in [-0.1, -0.05) is 30.3 Å². The lowest BCUT2D eigenvalue weighted by molar-refractivity contribution is 0.0950. The number of hydrogen-bond donors (Lipinski definition) is 1. The fourth-order valence-corrected chi connectivity index (χ4v) is 2.26. The third-order valence-corrected chi connectivity index (χ3v) is 3.52. The SMILES string of the molecule is O=C(NCc1ccccc1F)c1ccc(Cn2cccn2)cc1. The van der Waals surface area contributed by atoms with E-state index < -0.39 is 0 Å². The Bertz CT molecular complexity index is 782. The Hall–Kier alpha value is -2.95. The van der Waals surface area contributed by atoms with Crippen LogP contribution in [0.25, 0.3) is 0 Å². The third kappa shape index (κ3) is 3.83. The predicted molar refractivity (Wildman–Crippen MR) is 85.3 cm³/mol. The molecule has 5 heteroatoms. The van der Waals surface area contributed by atoms with Crippen molar-refractivity contribution in [3.63, 3.8) is 0 Å². The van der Waals surface area contributed by atoms with E-state index in [0.717, 1.165) is 5.56 Å². The van der Waals surface area contributed by atoms with Gasteiger partial charge in [-0.25, -0.2) is 4.39 Å². The molecule has 0 radical (unpaired) electrons. The van der Waals surface area contributed by atoms with Crippen LogP contribution in [-0.2, 0) is 13.1 Å². The van der Waals surface area contributed by atoms with E-state index >= 15 is 0 Å². The van der Waals surface area contributed by atoms with E-state index in [1.54, 1.807) is 36.5 Å². The first kappa shape index (κ1) is 15.0. The van der Waals surface area contributed by atoms with Crippen molar-refractivity contribution >= 4 is 5.91 Å². The average molecular weight is 309 g/mol. The van der Waals surface area contributed by atoms with Crippen molar-refractivity contribution < 1.29 is 9.18 Å². The summed E-state index contributed by atoms with van der Waals surface area (Å²) in [5.41, 5.74) is 2.07. The molecule has 0 bridgehead atoms. The van der Waals surface area contributed by atoms with Crippen molar-refractivity contribution in [1.29, 1.82) is 0 Å². The molecule has 4 nitrogen and oxygen atoms in total. The van der Waals surface area contributed by atoms with Crippen LogP contribution in [0.4, 0.5) is 4.39 Å². The second-order valence-electron chi connectivity index (χ2n) is 5.17. The highest BCUT2D eigenvalue weighted by molar-refractivity contribution is 5.94. The summed E-state index contributed by atoms with van der Waals surface area (Å²) in [5, 5.41) is 6.87. The van der Waals surface area contributed by atoms with E-state index in [2.05, 4.69) is 10.4 Å². The van der Waals surface area contributed by atoms with E-state index in [-0.39, 0.29) is 18.3 Å². The molecule has 116 valence electrons. The Labute approximate surface area is 133 Å². The van der Waals surface area contributed by atoms with Gasteiger partial charge in [0.05, 0.1) is 6.54 Å². The molecule has 1 amide bonds. The van der Waals surface area contributed by atoms with Crippen molar-refractivity contribution in [2.45, 2.75) is 13.1 Å². The fraction of sp³-hybridized carbons (Fsp3) is 0.111. The van der Waals surface area contributed by atoms with Crippen LogP contribution in [0.1, 0.15) is 21.5 Å². The number of amides is 1.